The Morgan fingerprint density at radius 1 is 0.676 bits per heavy atom. The molecule has 5 rings (SSSR count). The van der Waals surface area contributed by atoms with Gasteiger partial charge in [-0.1, -0.05) is 72.8 Å². The molecule has 1 saturated heterocycles. The summed E-state index contributed by atoms with van der Waals surface area (Å²) in [4.78, 5) is 15.3. The van der Waals surface area contributed by atoms with Crippen molar-refractivity contribution in [3.05, 3.63) is 115 Å². The number of nitrogens with zero attached hydrogens (tertiary/aromatic N) is 2. The van der Waals surface area contributed by atoms with E-state index in [1.165, 1.54) is 23.3 Å². The van der Waals surface area contributed by atoms with Crippen molar-refractivity contribution in [2.45, 2.75) is 15.8 Å². The van der Waals surface area contributed by atoms with Crippen molar-refractivity contribution in [2.75, 3.05) is 17.7 Å². The van der Waals surface area contributed by atoms with Crippen molar-refractivity contribution >= 4 is 31.6 Å². The first kappa shape index (κ1) is 24.7. The zero-order valence-corrected chi connectivity index (χ0v) is 21.6. The molecular formula is C28H24N2O5S2. The molecule has 7 nitrogen and oxygen atoms in total. The largest absolute Gasteiger partial charge is 0.339 e. The number of benzene rings is 4. The molecule has 0 N–H and O–H groups in total. The van der Waals surface area contributed by atoms with E-state index < -0.39 is 31.9 Å². The van der Waals surface area contributed by atoms with E-state index in [2.05, 4.69) is 0 Å². The first-order valence-corrected chi connectivity index (χ1v) is 14.9. The molecular weight excluding hydrogens is 508 g/mol. The minimum absolute atomic E-state index is 0.0478. The number of sulfone groups is 1. The van der Waals surface area contributed by atoms with Gasteiger partial charge in [-0.25, -0.2) is 25.9 Å². The Labute approximate surface area is 216 Å². The molecule has 9 heteroatoms. The van der Waals surface area contributed by atoms with E-state index in [1.807, 2.05) is 36.4 Å². The van der Waals surface area contributed by atoms with Crippen LogP contribution in [-0.4, -0.2) is 40.0 Å². The number of hydrogen-bond acceptors (Lipinski definition) is 5. The molecule has 0 saturated carbocycles. The van der Waals surface area contributed by atoms with E-state index in [4.69, 9.17) is 0 Å². The Hall–Kier alpha value is -3.95. The summed E-state index contributed by atoms with van der Waals surface area (Å²) in [6.07, 6.45) is 1.17. The van der Waals surface area contributed by atoms with Crippen molar-refractivity contribution < 1.29 is 21.6 Å². The van der Waals surface area contributed by atoms with Gasteiger partial charge < -0.3 is 0 Å². The van der Waals surface area contributed by atoms with Gasteiger partial charge in [0, 0.05) is 11.9 Å². The second-order valence-electron chi connectivity index (χ2n) is 8.78. The number of urea groups is 1. The summed E-state index contributed by atoms with van der Waals surface area (Å²) in [7, 11) is -7.40. The average Bonchev–Trinajstić information content (AvgIpc) is 3.27. The first-order valence-electron chi connectivity index (χ1n) is 11.5. The molecule has 4 aromatic carbocycles. The molecule has 0 radical (unpaired) electrons. The van der Waals surface area contributed by atoms with Crippen molar-refractivity contribution in [3.8, 4) is 11.1 Å². The van der Waals surface area contributed by atoms with Gasteiger partial charge in [-0.05, 0) is 53.1 Å². The molecule has 2 amide bonds. The monoisotopic (exact) mass is 532 g/mol. The number of amides is 2. The standard InChI is InChI=1S/C28H24N2O5S2/c1-36(32,33)26-14-8-9-23(19-26)21-15-17-22(18-16-21)27-20-29(37(34,35)25-12-6-3-7-13-25)28(31)30(27)24-10-4-2-5-11-24/h2-19,27H,20H2,1H3. The van der Waals surface area contributed by atoms with Crippen LogP contribution in [0.2, 0.25) is 0 Å². The van der Waals surface area contributed by atoms with Crippen LogP contribution in [0.3, 0.4) is 0 Å². The van der Waals surface area contributed by atoms with Crippen LogP contribution in [-0.2, 0) is 19.9 Å². The minimum atomic E-state index is -4.05. The van der Waals surface area contributed by atoms with E-state index in [-0.39, 0.29) is 16.3 Å². The molecule has 4 aromatic rings. The van der Waals surface area contributed by atoms with Crippen molar-refractivity contribution in [1.82, 2.24) is 4.31 Å². The number of carbonyl (C=O) groups excluding carboxylic acids is 1. The molecule has 0 spiro atoms. The molecule has 1 aliphatic heterocycles. The van der Waals surface area contributed by atoms with Gasteiger partial charge in [0.05, 0.1) is 22.4 Å². The van der Waals surface area contributed by atoms with Gasteiger partial charge in [0.15, 0.2) is 9.84 Å². The summed E-state index contributed by atoms with van der Waals surface area (Å²) in [6, 6.07) is 29.8. The molecule has 0 aromatic heterocycles. The highest BCUT2D eigenvalue weighted by Crippen LogP contribution is 2.37. The van der Waals surface area contributed by atoms with Gasteiger partial charge in [-0.15, -0.1) is 0 Å². The molecule has 1 unspecified atom stereocenters. The Kier molecular flexibility index (Phi) is 6.35. The maximum Gasteiger partial charge on any atom is 0.339 e. The summed E-state index contributed by atoms with van der Waals surface area (Å²) in [5, 5.41) is 0. The van der Waals surface area contributed by atoms with Gasteiger partial charge in [0.1, 0.15) is 0 Å². The number of sulfonamides is 1. The molecule has 188 valence electrons. The smallest absolute Gasteiger partial charge is 0.284 e. The number of carbonyl (C=O) groups is 1. The molecule has 0 bridgehead atoms. The molecule has 1 fully saturated rings. The quantitative estimate of drug-likeness (QED) is 0.343. The molecule has 1 heterocycles. The van der Waals surface area contributed by atoms with E-state index in [0.29, 0.717) is 5.69 Å². The predicted octanol–water partition coefficient (Wildman–Crippen LogP) is 5.13. The average molecular weight is 533 g/mol. The highest BCUT2D eigenvalue weighted by molar-refractivity contribution is 7.90. The lowest BCUT2D eigenvalue weighted by molar-refractivity contribution is 0.239. The topological polar surface area (TPSA) is 91.8 Å². The van der Waals surface area contributed by atoms with Gasteiger partial charge in [-0.2, -0.15) is 0 Å². The van der Waals surface area contributed by atoms with E-state index >= 15 is 0 Å². The zero-order valence-electron chi connectivity index (χ0n) is 19.9. The lowest BCUT2D eigenvalue weighted by Gasteiger charge is -2.23. The minimum Gasteiger partial charge on any atom is -0.284 e. The molecule has 0 aliphatic carbocycles. The first-order chi connectivity index (χ1) is 17.7. The van der Waals surface area contributed by atoms with E-state index in [1.54, 1.807) is 60.7 Å². The van der Waals surface area contributed by atoms with Gasteiger partial charge in [-0.3, -0.25) is 4.90 Å². The fourth-order valence-corrected chi connectivity index (χ4v) is 6.48. The summed E-state index contributed by atoms with van der Waals surface area (Å²) in [5.74, 6) is 0. The normalized spacial score (nSPS) is 16.2. The highest BCUT2D eigenvalue weighted by atomic mass is 32.2. The molecule has 1 aliphatic rings. The fraction of sp³-hybridized carbons (Fsp3) is 0.107. The maximum absolute atomic E-state index is 13.5. The van der Waals surface area contributed by atoms with Gasteiger partial charge in [0.25, 0.3) is 10.0 Å². The Bertz CT molecular complexity index is 1650. The van der Waals surface area contributed by atoms with Gasteiger partial charge >= 0.3 is 6.03 Å². The summed E-state index contributed by atoms with van der Waals surface area (Å²) in [5.41, 5.74) is 2.89. The van der Waals surface area contributed by atoms with Crippen LogP contribution >= 0.6 is 0 Å². The van der Waals surface area contributed by atoms with Crippen molar-refractivity contribution in [3.63, 3.8) is 0 Å². The second kappa shape index (κ2) is 9.49. The van der Waals surface area contributed by atoms with Crippen molar-refractivity contribution in [2.24, 2.45) is 0 Å². The predicted molar refractivity (Wildman–Crippen MR) is 142 cm³/mol. The van der Waals surface area contributed by atoms with Crippen LogP contribution in [0.25, 0.3) is 11.1 Å². The second-order valence-corrected chi connectivity index (χ2v) is 12.7. The lowest BCUT2D eigenvalue weighted by Crippen LogP contribution is -2.36. The van der Waals surface area contributed by atoms with Crippen molar-refractivity contribution in [1.29, 1.82) is 0 Å². The number of rotatable bonds is 6. The van der Waals surface area contributed by atoms with Crippen LogP contribution in [0.5, 0.6) is 0 Å². The Morgan fingerprint density at radius 3 is 1.89 bits per heavy atom. The summed E-state index contributed by atoms with van der Waals surface area (Å²) >= 11 is 0. The third-order valence-electron chi connectivity index (χ3n) is 6.33. The van der Waals surface area contributed by atoms with E-state index in [0.717, 1.165) is 21.0 Å². The molecule has 1 atom stereocenters. The molecule has 37 heavy (non-hydrogen) atoms. The fourth-order valence-electron chi connectivity index (χ4n) is 4.43. The summed E-state index contributed by atoms with van der Waals surface area (Å²) in [6.45, 7) is -0.0478. The highest BCUT2D eigenvalue weighted by Gasteiger charge is 2.45. The van der Waals surface area contributed by atoms with Crippen LogP contribution < -0.4 is 4.90 Å². The SMILES string of the molecule is CS(=O)(=O)c1cccc(-c2ccc(C3CN(S(=O)(=O)c4ccccc4)C(=O)N3c3ccccc3)cc2)c1. The Morgan fingerprint density at radius 2 is 1.27 bits per heavy atom. The van der Waals surface area contributed by atoms with Crippen LogP contribution in [0.4, 0.5) is 10.5 Å². The third-order valence-corrected chi connectivity index (χ3v) is 9.19. The van der Waals surface area contributed by atoms with Crippen LogP contribution in [0, 0.1) is 0 Å². The van der Waals surface area contributed by atoms with Crippen LogP contribution in [0.1, 0.15) is 11.6 Å². The lowest BCUT2D eigenvalue weighted by atomic mass is 10.0. The van der Waals surface area contributed by atoms with Gasteiger partial charge in [0.2, 0.25) is 0 Å². The number of para-hydroxylation sites is 1. The summed E-state index contributed by atoms with van der Waals surface area (Å²) < 4.78 is 51.6. The third kappa shape index (κ3) is 4.75. The van der Waals surface area contributed by atoms with E-state index in [9.17, 15) is 21.6 Å². The number of anilines is 1. The Balaban J connectivity index is 1.53. The zero-order chi connectivity index (χ0) is 26.2. The van der Waals surface area contributed by atoms with Crippen LogP contribution in [0.15, 0.2) is 119 Å². The maximum atomic E-state index is 13.5. The number of hydrogen-bond donors (Lipinski definition) is 0.